The Morgan fingerprint density at radius 2 is 1.66 bits per heavy atom. The van der Waals surface area contributed by atoms with Crippen molar-refractivity contribution in [1.82, 2.24) is 25.1 Å². The minimum Gasteiger partial charge on any atom is -0.480 e. The molecule has 0 aliphatic carbocycles. The number of carboxylic acids is 1. The number of amides is 1. The first-order chi connectivity index (χ1) is 22.5. The Hall–Kier alpha value is -5.08. The average Bonchev–Trinajstić information content (AvgIpc) is 3.53. The number of rotatable bonds is 19. The molecule has 2 unspecified atom stereocenters. The van der Waals surface area contributed by atoms with E-state index >= 15 is 0 Å². The molecule has 0 saturated carbocycles. The first kappa shape index (κ1) is 36.4. The third-order valence-electron chi connectivity index (χ3n) is 7.30. The van der Waals surface area contributed by atoms with E-state index < -0.39 is 29.5 Å². The molecule has 0 aliphatic rings. The van der Waals surface area contributed by atoms with E-state index in [-0.39, 0.29) is 31.6 Å². The van der Waals surface area contributed by atoms with Gasteiger partial charge >= 0.3 is 12.1 Å². The highest BCUT2D eigenvalue weighted by Crippen LogP contribution is 2.30. The van der Waals surface area contributed by atoms with E-state index in [0.29, 0.717) is 43.5 Å². The van der Waals surface area contributed by atoms with Gasteiger partial charge in [0.05, 0.1) is 13.2 Å². The topological polar surface area (TPSA) is 189 Å². The monoisotopic (exact) mass is 654 g/mol. The van der Waals surface area contributed by atoms with Crippen LogP contribution in [0.25, 0.3) is 22.5 Å². The molecule has 3 rings (SSSR count). The van der Waals surface area contributed by atoms with E-state index in [9.17, 15) is 29.6 Å². The summed E-state index contributed by atoms with van der Waals surface area (Å²) in [7, 11) is 0. The fraction of sp³-hybridized carbons (Fsp3) is 0.500. The number of ether oxygens (including phenoxy) is 2. The van der Waals surface area contributed by atoms with Crippen LogP contribution in [0.4, 0.5) is 4.79 Å². The maximum atomic E-state index is 13.0. The van der Waals surface area contributed by atoms with Gasteiger partial charge in [-0.1, -0.05) is 75.7 Å². The van der Waals surface area contributed by atoms with Gasteiger partial charge in [0.25, 0.3) is 5.09 Å². The van der Waals surface area contributed by atoms with Crippen LogP contribution in [-0.2, 0) is 30.4 Å². The molecule has 2 aromatic carbocycles. The van der Waals surface area contributed by atoms with E-state index in [1.165, 1.54) is 4.90 Å². The maximum Gasteiger partial charge on any atom is 0.510 e. The summed E-state index contributed by atoms with van der Waals surface area (Å²) in [5.41, 5.74) is 3.15. The number of aromatic nitrogens is 4. The summed E-state index contributed by atoms with van der Waals surface area (Å²) < 4.78 is 10.3. The normalized spacial score (nSPS) is 12.3. The first-order valence-electron chi connectivity index (χ1n) is 15.6. The van der Waals surface area contributed by atoms with Crippen molar-refractivity contribution in [2.75, 3.05) is 13.2 Å². The number of carboxylic acid groups (broad SMARTS) is 1. The summed E-state index contributed by atoms with van der Waals surface area (Å²) >= 11 is 0. The van der Waals surface area contributed by atoms with Gasteiger partial charge < -0.3 is 24.3 Å². The molecule has 0 aliphatic heterocycles. The quantitative estimate of drug-likeness (QED) is 0.0721. The van der Waals surface area contributed by atoms with E-state index in [1.54, 1.807) is 20.8 Å². The summed E-state index contributed by atoms with van der Waals surface area (Å²) in [5.74, 6) is -1.16. The van der Waals surface area contributed by atoms with Crippen LogP contribution >= 0.6 is 0 Å². The number of hydrogen-bond acceptors (Lipinski definition) is 11. The molecule has 15 nitrogen and oxygen atoms in total. The Kier molecular flexibility index (Phi) is 14.1. The van der Waals surface area contributed by atoms with E-state index in [1.807, 2.05) is 55.5 Å². The highest BCUT2D eigenvalue weighted by Gasteiger charge is 2.32. The third kappa shape index (κ3) is 11.0. The number of aliphatic carboxylic acids is 1. The predicted molar refractivity (Wildman–Crippen MR) is 169 cm³/mol. The second kappa shape index (κ2) is 18.2. The van der Waals surface area contributed by atoms with E-state index in [2.05, 4.69) is 20.2 Å². The largest absolute Gasteiger partial charge is 0.510 e. The van der Waals surface area contributed by atoms with Crippen molar-refractivity contribution in [3.8, 4) is 22.5 Å². The van der Waals surface area contributed by atoms with Gasteiger partial charge in [-0.3, -0.25) is 4.79 Å². The molecule has 254 valence electrons. The third-order valence-corrected chi connectivity index (χ3v) is 7.30. The average molecular weight is 655 g/mol. The van der Waals surface area contributed by atoms with Crippen molar-refractivity contribution in [3.63, 3.8) is 0 Å². The molecule has 0 fully saturated rings. The second-order valence-corrected chi connectivity index (χ2v) is 11.3. The van der Waals surface area contributed by atoms with Gasteiger partial charge in [0, 0.05) is 18.5 Å². The summed E-state index contributed by atoms with van der Waals surface area (Å²) in [5, 5.41) is 31.8. The summed E-state index contributed by atoms with van der Waals surface area (Å²) in [6, 6.07) is 14.1. The molecule has 1 heterocycles. The van der Waals surface area contributed by atoms with Crippen LogP contribution in [0.15, 0.2) is 48.5 Å². The number of tetrazole rings is 1. The molecule has 0 radical (unpaired) electrons. The molecule has 1 amide bonds. The Bertz CT molecular complexity index is 1480. The maximum absolute atomic E-state index is 13.0. The minimum absolute atomic E-state index is 0.0171. The minimum atomic E-state index is -1.03. The van der Waals surface area contributed by atoms with Crippen LogP contribution in [-0.4, -0.2) is 72.6 Å². The Morgan fingerprint density at radius 1 is 0.979 bits per heavy atom. The number of nitrogens with zero attached hydrogens (tertiary/aromatic N) is 6. The standard InChI is InChI=1S/C32H42N6O9/c1-5-6-14-28(39)36(29(22(2)3)31(40)41)21-24-15-17-25(18-16-24)26-12-8-9-13-27(26)30-33-35-37(34-30)23(4)47-32(42)45-19-10-7-11-20-46-38(43)44/h8-9,12-13,15-18,22-23,29H,5-7,10-11,14,19-21H2,1-4H3,(H,40,41). The molecular weight excluding hydrogens is 612 g/mol. The highest BCUT2D eigenvalue weighted by molar-refractivity contribution is 5.84. The van der Waals surface area contributed by atoms with Gasteiger partial charge in [0.2, 0.25) is 18.0 Å². The van der Waals surface area contributed by atoms with Crippen LogP contribution in [0, 0.1) is 16.0 Å². The van der Waals surface area contributed by atoms with Crippen molar-refractivity contribution < 1.29 is 38.9 Å². The van der Waals surface area contributed by atoms with Crippen molar-refractivity contribution in [2.24, 2.45) is 5.92 Å². The van der Waals surface area contributed by atoms with Gasteiger partial charge in [0.1, 0.15) is 6.04 Å². The number of hydrogen-bond donors (Lipinski definition) is 1. The molecular formula is C32H42N6O9. The zero-order chi connectivity index (χ0) is 34.3. The number of carbonyl (C=O) groups excluding carboxylic acids is 2. The second-order valence-electron chi connectivity index (χ2n) is 11.3. The fourth-order valence-electron chi connectivity index (χ4n) is 4.89. The zero-order valence-corrected chi connectivity index (χ0v) is 27.1. The zero-order valence-electron chi connectivity index (χ0n) is 27.1. The van der Waals surface area contributed by atoms with E-state index in [4.69, 9.17) is 9.47 Å². The molecule has 47 heavy (non-hydrogen) atoms. The molecule has 0 saturated heterocycles. The first-order valence-corrected chi connectivity index (χ1v) is 15.6. The van der Waals surface area contributed by atoms with Gasteiger partial charge in [-0.15, -0.1) is 25.1 Å². The van der Waals surface area contributed by atoms with Gasteiger partial charge in [-0.25, -0.2) is 9.59 Å². The molecule has 0 spiro atoms. The van der Waals surface area contributed by atoms with Gasteiger partial charge in [-0.2, -0.15) is 0 Å². The van der Waals surface area contributed by atoms with Gasteiger partial charge in [0.15, 0.2) is 0 Å². The molecule has 2 atom stereocenters. The number of benzene rings is 2. The lowest BCUT2D eigenvalue weighted by molar-refractivity contribution is -0.757. The molecule has 15 heteroatoms. The van der Waals surface area contributed by atoms with Crippen LogP contribution in [0.2, 0.25) is 0 Å². The van der Waals surface area contributed by atoms with Crippen LogP contribution in [0.3, 0.4) is 0 Å². The Labute approximate surface area is 272 Å². The van der Waals surface area contributed by atoms with Crippen molar-refractivity contribution >= 4 is 18.0 Å². The van der Waals surface area contributed by atoms with E-state index in [0.717, 1.165) is 27.9 Å². The summed E-state index contributed by atoms with van der Waals surface area (Å²) in [4.78, 5) is 54.2. The lowest BCUT2D eigenvalue weighted by atomic mass is 9.97. The fourth-order valence-corrected chi connectivity index (χ4v) is 4.89. The lowest BCUT2D eigenvalue weighted by Crippen LogP contribution is -2.47. The molecule has 1 N–H and O–H groups in total. The Balaban J connectivity index is 1.67. The van der Waals surface area contributed by atoms with Crippen LogP contribution < -0.4 is 0 Å². The van der Waals surface area contributed by atoms with Gasteiger partial charge in [-0.05, 0) is 60.4 Å². The summed E-state index contributed by atoms with van der Waals surface area (Å²) in [6.45, 7) is 7.39. The predicted octanol–water partition coefficient (Wildman–Crippen LogP) is 5.69. The summed E-state index contributed by atoms with van der Waals surface area (Å²) in [6.07, 6.45) is 1.52. The Morgan fingerprint density at radius 3 is 2.30 bits per heavy atom. The molecule has 1 aromatic heterocycles. The number of carbonyl (C=O) groups is 3. The van der Waals surface area contributed by atoms with Crippen LogP contribution in [0.1, 0.15) is 78.0 Å². The smallest absolute Gasteiger partial charge is 0.480 e. The molecule has 3 aromatic rings. The lowest BCUT2D eigenvalue weighted by Gasteiger charge is -2.32. The highest BCUT2D eigenvalue weighted by atomic mass is 16.9. The van der Waals surface area contributed by atoms with Crippen LogP contribution in [0.5, 0.6) is 0 Å². The van der Waals surface area contributed by atoms with Crippen molar-refractivity contribution in [3.05, 3.63) is 64.2 Å². The molecule has 0 bridgehead atoms. The SMILES string of the molecule is CCCCC(=O)N(Cc1ccc(-c2ccccc2-c2nnn(C(C)OC(=O)OCCCCCO[N+](=O)[O-])n2)cc1)C(C(=O)O)C(C)C. The number of unbranched alkanes of at least 4 members (excludes halogenated alkanes) is 3. The van der Waals surface area contributed by atoms with Crippen molar-refractivity contribution in [1.29, 1.82) is 0 Å². The van der Waals surface area contributed by atoms with Crippen molar-refractivity contribution in [2.45, 2.75) is 85.0 Å².